The standard InChI is InChI=1S/C17H19N3O2/c1-5-20-15(14(10(2)3)17(19)22)16(21)13-7-11(4)6-12(8-13)9-18/h6-8,20H,2,5H2,1,3-4H3,(H2,19,22)/b15-14-. The van der Waals surface area contributed by atoms with Crippen molar-refractivity contribution in [1.82, 2.24) is 5.32 Å². The minimum Gasteiger partial charge on any atom is -0.381 e. The number of Topliss-reactive ketones (excluding diaryl/α,β-unsaturated/α-hetero) is 1. The number of carbonyl (C=O) groups excluding carboxylic acids is 2. The summed E-state index contributed by atoms with van der Waals surface area (Å²) in [6, 6.07) is 6.85. The summed E-state index contributed by atoms with van der Waals surface area (Å²) in [6.45, 7) is 9.36. The molecular formula is C17H19N3O2. The molecule has 0 saturated carbocycles. The lowest BCUT2D eigenvalue weighted by atomic mass is 9.97. The van der Waals surface area contributed by atoms with Crippen LogP contribution in [0.25, 0.3) is 0 Å². The molecule has 3 N–H and O–H groups in total. The monoisotopic (exact) mass is 297 g/mol. The van der Waals surface area contributed by atoms with Crippen LogP contribution in [0, 0.1) is 18.3 Å². The van der Waals surface area contributed by atoms with E-state index < -0.39 is 5.91 Å². The number of carbonyl (C=O) groups is 2. The van der Waals surface area contributed by atoms with Crippen LogP contribution in [-0.4, -0.2) is 18.2 Å². The van der Waals surface area contributed by atoms with Crippen molar-refractivity contribution in [2.45, 2.75) is 20.8 Å². The van der Waals surface area contributed by atoms with Crippen molar-refractivity contribution in [3.63, 3.8) is 0 Å². The van der Waals surface area contributed by atoms with Gasteiger partial charge < -0.3 is 11.1 Å². The molecule has 0 atom stereocenters. The summed E-state index contributed by atoms with van der Waals surface area (Å²) in [7, 11) is 0. The van der Waals surface area contributed by atoms with Crippen molar-refractivity contribution < 1.29 is 9.59 Å². The van der Waals surface area contributed by atoms with E-state index in [0.717, 1.165) is 5.56 Å². The Balaban J connectivity index is 3.52. The number of nitrogens with zero attached hydrogens (tertiary/aromatic N) is 1. The van der Waals surface area contributed by atoms with Crippen LogP contribution in [0.3, 0.4) is 0 Å². The number of hydrogen-bond donors (Lipinski definition) is 2. The molecule has 1 amide bonds. The second kappa shape index (κ2) is 7.23. The highest BCUT2D eigenvalue weighted by atomic mass is 16.1. The molecule has 1 rings (SSSR count). The zero-order valence-electron chi connectivity index (χ0n) is 13.0. The van der Waals surface area contributed by atoms with Gasteiger partial charge in [-0.05, 0) is 50.1 Å². The number of rotatable bonds is 6. The number of primary amides is 1. The third kappa shape index (κ3) is 3.83. The van der Waals surface area contributed by atoms with Crippen molar-refractivity contribution in [2.75, 3.05) is 6.54 Å². The van der Waals surface area contributed by atoms with Gasteiger partial charge in [0.25, 0.3) is 5.91 Å². The van der Waals surface area contributed by atoms with Crippen LogP contribution >= 0.6 is 0 Å². The molecule has 0 aromatic heterocycles. The van der Waals surface area contributed by atoms with E-state index in [1.54, 1.807) is 32.9 Å². The minimum absolute atomic E-state index is 0.0758. The second-order valence-corrected chi connectivity index (χ2v) is 4.95. The fourth-order valence-electron chi connectivity index (χ4n) is 2.13. The molecule has 5 heteroatoms. The summed E-state index contributed by atoms with van der Waals surface area (Å²) in [5.41, 5.74) is 7.46. The Labute approximate surface area is 130 Å². The van der Waals surface area contributed by atoms with Gasteiger partial charge in [-0.15, -0.1) is 0 Å². The summed E-state index contributed by atoms with van der Waals surface area (Å²) in [4.78, 5) is 24.4. The smallest absolute Gasteiger partial charge is 0.251 e. The molecule has 0 spiro atoms. The van der Waals surface area contributed by atoms with E-state index in [2.05, 4.69) is 11.9 Å². The van der Waals surface area contributed by atoms with E-state index in [1.807, 2.05) is 6.07 Å². The first-order valence-corrected chi connectivity index (χ1v) is 6.82. The lowest BCUT2D eigenvalue weighted by molar-refractivity contribution is -0.114. The molecule has 0 heterocycles. The summed E-state index contributed by atoms with van der Waals surface area (Å²) in [5, 5.41) is 11.9. The van der Waals surface area contributed by atoms with E-state index in [4.69, 9.17) is 11.0 Å². The number of nitriles is 1. The van der Waals surface area contributed by atoms with Crippen LogP contribution in [0.15, 0.2) is 41.6 Å². The molecule has 0 aliphatic heterocycles. The molecule has 0 saturated heterocycles. The first kappa shape index (κ1) is 17.2. The third-order valence-electron chi connectivity index (χ3n) is 2.97. The van der Waals surface area contributed by atoms with Crippen molar-refractivity contribution in [1.29, 1.82) is 5.26 Å². The fraction of sp³-hybridized carbons (Fsp3) is 0.235. The Kier molecular flexibility index (Phi) is 5.65. The molecule has 0 fully saturated rings. The van der Waals surface area contributed by atoms with E-state index in [9.17, 15) is 9.59 Å². The molecule has 114 valence electrons. The van der Waals surface area contributed by atoms with Crippen LogP contribution in [0.2, 0.25) is 0 Å². The number of amides is 1. The van der Waals surface area contributed by atoms with Gasteiger partial charge in [-0.25, -0.2) is 0 Å². The number of aryl methyl sites for hydroxylation is 1. The number of nitrogens with one attached hydrogen (secondary N) is 1. The largest absolute Gasteiger partial charge is 0.381 e. The van der Waals surface area contributed by atoms with E-state index in [-0.39, 0.29) is 17.1 Å². The van der Waals surface area contributed by atoms with Gasteiger partial charge in [0, 0.05) is 12.1 Å². The molecule has 0 aliphatic carbocycles. The quantitative estimate of drug-likeness (QED) is 0.476. The number of allylic oxidation sites excluding steroid dienone is 1. The van der Waals surface area contributed by atoms with Crippen molar-refractivity contribution >= 4 is 11.7 Å². The lowest BCUT2D eigenvalue weighted by Crippen LogP contribution is -2.28. The SMILES string of the molecule is C=C(C)/C(C(N)=O)=C(/NCC)C(=O)c1cc(C)cc(C#N)c1. The second-order valence-electron chi connectivity index (χ2n) is 4.95. The van der Waals surface area contributed by atoms with Crippen LogP contribution < -0.4 is 11.1 Å². The highest BCUT2D eigenvalue weighted by Crippen LogP contribution is 2.18. The van der Waals surface area contributed by atoms with Gasteiger partial charge in [-0.1, -0.05) is 6.58 Å². The first-order chi connectivity index (χ1) is 10.3. The Morgan fingerprint density at radius 1 is 1.36 bits per heavy atom. The first-order valence-electron chi connectivity index (χ1n) is 6.82. The van der Waals surface area contributed by atoms with E-state index in [1.165, 1.54) is 6.07 Å². The number of benzene rings is 1. The predicted molar refractivity (Wildman–Crippen MR) is 84.9 cm³/mol. The molecule has 1 aromatic carbocycles. The zero-order valence-corrected chi connectivity index (χ0v) is 13.0. The maximum Gasteiger partial charge on any atom is 0.251 e. The normalized spacial score (nSPS) is 11.2. The number of hydrogen-bond acceptors (Lipinski definition) is 4. The Morgan fingerprint density at radius 3 is 2.45 bits per heavy atom. The molecular weight excluding hydrogens is 278 g/mol. The predicted octanol–water partition coefficient (Wildman–Crippen LogP) is 1.97. The van der Waals surface area contributed by atoms with Gasteiger partial charge in [0.2, 0.25) is 5.78 Å². The molecule has 0 bridgehead atoms. The van der Waals surface area contributed by atoms with Crippen LogP contribution in [0.5, 0.6) is 0 Å². The fourth-order valence-corrected chi connectivity index (χ4v) is 2.13. The highest BCUT2D eigenvalue weighted by molar-refractivity contribution is 6.14. The Bertz CT molecular complexity index is 693. The summed E-state index contributed by atoms with van der Waals surface area (Å²) >= 11 is 0. The summed E-state index contributed by atoms with van der Waals surface area (Å²) < 4.78 is 0. The Hall–Kier alpha value is -2.87. The average Bonchev–Trinajstić information content (AvgIpc) is 2.44. The molecule has 1 aromatic rings. The molecule has 0 aliphatic rings. The molecule has 5 nitrogen and oxygen atoms in total. The minimum atomic E-state index is -0.718. The maximum absolute atomic E-state index is 12.7. The van der Waals surface area contributed by atoms with Gasteiger partial charge >= 0.3 is 0 Å². The van der Waals surface area contributed by atoms with Gasteiger partial charge in [0.15, 0.2) is 0 Å². The Morgan fingerprint density at radius 2 is 2.00 bits per heavy atom. The molecule has 0 unspecified atom stereocenters. The molecule has 0 radical (unpaired) electrons. The lowest BCUT2D eigenvalue weighted by Gasteiger charge is -2.14. The summed E-state index contributed by atoms with van der Waals surface area (Å²) in [6.07, 6.45) is 0. The maximum atomic E-state index is 12.7. The van der Waals surface area contributed by atoms with Crippen molar-refractivity contribution in [3.05, 3.63) is 58.3 Å². The third-order valence-corrected chi connectivity index (χ3v) is 2.97. The van der Waals surface area contributed by atoms with Crippen LogP contribution in [-0.2, 0) is 4.79 Å². The number of ketones is 1. The summed E-state index contributed by atoms with van der Waals surface area (Å²) in [5.74, 6) is -1.11. The van der Waals surface area contributed by atoms with E-state index >= 15 is 0 Å². The number of nitrogens with two attached hydrogens (primary N) is 1. The van der Waals surface area contributed by atoms with Crippen molar-refractivity contribution in [2.24, 2.45) is 5.73 Å². The van der Waals surface area contributed by atoms with Gasteiger partial charge in [0.05, 0.1) is 22.9 Å². The highest BCUT2D eigenvalue weighted by Gasteiger charge is 2.21. The van der Waals surface area contributed by atoms with Gasteiger partial charge in [-0.3, -0.25) is 9.59 Å². The van der Waals surface area contributed by atoms with Gasteiger partial charge in [0.1, 0.15) is 0 Å². The molecule has 22 heavy (non-hydrogen) atoms. The topological polar surface area (TPSA) is 96.0 Å². The van der Waals surface area contributed by atoms with Crippen molar-refractivity contribution in [3.8, 4) is 6.07 Å². The number of likely N-dealkylation sites (N-methyl/N-ethyl adjacent to an activating group) is 1. The van der Waals surface area contributed by atoms with Crippen LogP contribution in [0.4, 0.5) is 0 Å². The van der Waals surface area contributed by atoms with E-state index in [0.29, 0.717) is 23.2 Å². The average molecular weight is 297 g/mol. The van der Waals surface area contributed by atoms with Crippen LogP contribution in [0.1, 0.15) is 35.3 Å². The zero-order chi connectivity index (χ0) is 16.9. The van der Waals surface area contributed by atoms with Gasteiger partial charge in [-0.2, -0.15) is 5.26 Å².